The van der Waals surface area contributed by atoms with Gasteiger partial charge in [0.2, 0.25) is 10.0 Å². The Labute approximate surface area is 189 Å². The summed E-state index contributed by atoms with van der Waals surface area (Å²) in [5.74, 6) is 0.378. The van der Waals surface area contributed by atoms with Crippen molar-refractivity contribution in [2.75, 3.05) is 31.6 Å². The number of hydrogen-bond donors (Lipinski definition) is 1. The van der Waals surface area contributed by atoms with Crippen LogP contribution in [0.15, 0.2) is 47.4 Å². The third-order valence-electron chi connectivity index (χ3n) is 5.96. The van der Waals surface area contributed by atoms with Gasteiger partial charge in [-0.05, 0) is 74.6 Å². The maximum Gasteiger partial charge on any atom is 0.255 e. The molecular formula is C24H30N2O5S. The number of sulfonamides is 1. The smallest absolute Gasteiger partial charge is 0.255 e. The highest BCUT2D eigenvalue weighted by Gasteiger charge is 2.27. The predicted octanol–water partition coefficient (Wildman–Crippen LogP) is 3.98. The van der Waals surface area contributed by atoms with E-state index < -0.39 is 10.0 Å². The minimum atomic E-state index is -3.58. The minimum absolute atomic E-state index is 0.134. The topological polar surface area (TPSA) is 84.9 Å². The molecule has 2 heterocycles. The van der Waals surface area contributed by atoms with E-state index in [1.807, 2.05) is 0 Å². The fourth-order valence-electron chi connectivity index (χ4n) is 4.07. The van der Waals surface area contributed by atoms with Gasteiger partial charge in [0.15, 0.2) is 0 Å². The molecule has 172 valence electrons. The van der Waals surface area contributed by atoms with Gasteiger partial charge in [0.25, 0.3) is 5.91 Å². The molecule has 1 amide bonds. The Morgan fingerprint density at radius 3 is 2.53 bits per heavy atom. The van der Waals surface area contributed by atoms with Gasteiger partial charge in [0, 0.05) is 30.9 Å². The van der Waals surface area contributed by atoms with Gasteiger partial charge < -0.3 is 14.8 Å². The summed E-state index contributed by atoms with van der Waals surface area (Å²) in [6.45, 7) is 4.15. The van der Waals surface area contributed by atoms with Crippen molar-refractivity contribution in [1.82, 2.24) is 4.31 Å². The van der Waals surface area contributed by atoms with E-state index in [2.05, 4.69) is 5.32 Å². The molecule has 0 radical (unpaired) electrons. The Hall–Kier alpha value is -2.42. The molecular weight excluding hydrogens is 428 g/mol. The number of amides is 1. The fourth-order valence-corrected chi connectivity index (χ4v) is 5.84. The molecule has 2 aliphatic rings. The first kappa shape index (κ1) is 22.8. The Morgan fingerprint density at radius 1 is 1.09 bits per heavy atom. The van der Waals surface area contributed by atoms with Gasteiger partial charge in [-0.3, -0.25) is 4.79 Å². The van der Waals surface area contributed by atoms with Gasteiger partial charge >= 0.3 is 0 Å². The lowest BCUT2D eigenvalue weighted by Crippen LogP contribution is -2.36. The quantitative estimate of drug-likeness (QED) is 0.678. The van der Waals surface area contributed by atoms with Crippen molar-refractivity contribution in [3.05, 3.63) is 53.6 Å². The number of nitrogens with one attached hydrogen (secondary N) is 1. The molecule has 0 aliphatic carbocycles. The van der Waals surface area contributed by atoms with Crippen molar-refractivity contribution in [2.45, 2.75) is 50.0 Å². The standard InChI is InChI=1S/C24H30N2O5S/c1-18-7-10-20(16-23(18)32(28,29)26-13-3-2-4-14-26)25-24(27)19-8-11-21(12-9-19)31-17-22-6-5-15-30-22/h7-12,16,22H,2-6,13-15,17H2,1H3,(H,25,27). The van der Waals surface area contributed by atoms with E-state index >= 15 is 0 Å². The van der Waals surface area contributed by atoms with Crippen LogP contribution in [-0.4, -0.2) is 51.0 Å². The van der Waals surface area contributed by atoms with Crippen LogP contribution in [0.4, 0.5) is 5.69 Å². The van der Waals surface area contributed by atoms with Crippen LogP contribution in [-0.2, 0) is 14.8 Å². The number of carbonyl (C=O) groups is 1. The molecule has 0 bridgehead atoms. The predicted molar refractivity (Wildman–Crippen MR) is 123 cm³/mol. The Morgan fingerprint density at radius 2 is 1.84 bits per heavy atom. The fraction of sp³-hybridized carbons (Fsp3) is 0.458. The summed E-state index contributed by atoms with van der Waals surface area (Å²) in [6.07, 6.45) is 5.01. The summed E-state index contributed by atoms with van der Waals surface area (Å²) in [5.41, 5.74) is 1.59. The molecule has 1 unspecified atom stereocenters. The van der Waals surface area contributed by atoms with E-state index in [1.54, 1.807) is 53.7 Å². The highest BCUT2D eigenvalue weighted by atomic mass is 32.2. The van der Waals surface area contributed by atoms with E-state index in [-0.39, 0.29) is 16.9 Å². The monoisotopic (exact) mass is 458 g/mol. The molecule has 0 aromatic heterocycles. The first-order chi connectivity index (χ1) is 15.4. The number of carbonyl (C=O) groups excluding carboxylic acids is 1. The highest BCUT2D eigenvalue weighted by Crippen LogP contribution is 2.26. The molecule has 1 N–H and O–H groups in total. The number of nitrogens with zero attached hydrogens (tertiary/aromatic N) is 1. The summed E-state index contributed by atoms with van der Waals surface area (Å²) < 4.78 is 39.0. The van der Waals surface area contributed by atoms with Gasteiger partial charge in [0.1, 0.15) is 12.4 Å². The van der Waals surface area contributed by atoms with Crippen LogP contribution in [0.25, 0.3) is 0 Å². The maximum atomic E-state index is 13.1. The summed E-state index contributed by atoms with van der Waals surface area (Å²) in [7, 11) is -3.58. The number of rotatable bonds is 7. The van der Waals surface area contributed by atoms with Crippen LogP contribution < -0.4 is 10.1 Å². The molecule has 0 saturated carbocycles. The van der Waals surface area contributed by atoms with Crippen molar-refractivity contribution >= 4 is 21.6 Å². The van der Waals surface area contributed by atoms with Crippen molar-refractivity contribution in [3.63, 3.8) is 0 Å². The van der Waals surface area contributed by atoms with Gasteiger partial charge in [0.05, 0.1) is 11.0 Å². The van der Waals surface area contributed by atoms with Crippen molar-refractivity contribution in [1.29, 1.82) is 0 Å². The van der Waals surface area contributed by atoms with Gasteiger partial charge in [-0.25, -0.2) is 8.42 Å². The Balaban J connectivity index is 1.42. The van der Waals surface area contributed by atoms with Crippen molar-refractivity contribution in [2.24, 2.45) is 0 Å². The van der Waals surface area contributed by atoms with Crippen LogP contribution in [0.1, 0.15) is 48.0 Å². The number of hydrogen-bond acceptors (Lipinski definition) is 5. The molecule has 7 nitrogen and oxygen atoms in total. The van der Waals surface area contributed by atoms with Crippen molar-refractivity contribution in [3.8, 4) is 5.75 Å². The Bertz CT molecular complexity index is 1040. The summed E-state index contributed by atoms with van der Waals surface area (Å²) in [4.78, 5) is 13.0. The summed E-state index contributed by atoms with van der Waals surface area (Å²) >= 11 is 0. The second-order valence-corrected chi connectivity index (χ2v) is 10.3. The van der Waals surface area contributed by atoms with Gasteiger partial charge in [-0.2, -0.15) is 4.31 Å². The molecule has 2 saturated heterocycles. The average molecular weight is 459 g/mol. The van der Waals surface area contributed by atoms with Gasteiger partial charge in [-0.15, -0.1) is 0 Å². The third kappa shape index (κ3) is 5.31. The van der Waals surface area contributed by atoms with E-state index in [1.165, 1.54) is 0 Å². The summed E-state index contributed by atoms with van der Waals surface area (Å²) in [6, 6.07) is 11.9. The first-order valence-electron chi connectivity index (χ1n) is 11.2. The van der Waals surface area contributed by atoms with E-state index in [0.29, 0.717) is 42.3 Å². The van der Waals surface area contributed by atoms with E-state index in [4.69, 9.17) is 9.47 Å². The van der Waals surface area contributed by atoms with Crippen LogP contribution in [0, 0.1) is 6.92 Å². The normalized spacial score (nSPS) is 19.6. The van der Waals surface area contributed by atoms with Crippen LogP contribution in [0.5, 0.6) is 5.75 Å². The van der Waals surface area contributed by atoms with Crippen molar-refractivity contribution < 1.29 is 22.7 Å². The SMILES string of the molecule is Cc1ccc(NC(=O)c2ccc(OCC3CCCO3)cc2)cc1S(=O)(=O)N1CCCCC1. The van der Waals surface area contributed by atoms with Crippen LogP contribution >= 0.6 is 0 Å². The number of aryl methyl sites for hydroxylation is 1. The largest absolute Gasteiger partial charge is 0.491 e. The van der Waals surface area contributed by atoms with Gasteiger partial charge in [-0.1, -0.05) is 12.5 Å². The first-order valence-corrected chi connectivity index (χ1v) is 12.6. The Kier molecular flexibility index (Phi) is 7.13. The lowest BCUT2D eigenvalue weighted by atomic mass is 10.2. The van der Waals surface area contributed by atoms with E-state index in [0.717, 1.165) is 38.7 Å². The summed E-state index contributed by atoms with van der Waals surface area (Å²) in [5, 5.41) is 2.81. The minimum Gasteiger partial charge on any atom is -0.491 e. The van der Waals surface area contributed by atoms with Crippen LogP contribution in [0.3, 0.4) is 0 Å². The number of piperidine rings is 1. The highest BCUT2D eigenvalue weighted by molar-refractivity contribution is 7.89. The molecule has 2 fully saturated rings. The maximum absolute atomic E-state index is 13.1. The van der Waals surface area contributed by atoms with E-state index in [9.17, 15) is 13.2 Å². The lowest BCUT2D eigenvalue weighted by Gasteiger charge is -2.26. The zero-order valence-corrected chi connectivity index (χ0v) is 19.2. The number of ether oxygens (including phenoxy) is 2. The molecule has 0 spiro atoms. The zero-order valence-electron chi connectivity index (χ0n) is 18.4. The second-order valence-electron chi connectivity index (χ2n) is 8.37. The number of anilines is 1. The second kappa shape index (κ2) is 10.0. The number of benzene rings is 2. The molecule has 2 aromatic carbocycles. The zero-order chi connectivity index (χ0) is 22.6. The molecule has 1 atom stereocenters. The molecule has 4 rings (SSSR count). The average Bonchev–Trinajstić information content (AvgIpc) is 3.33. The molecule has 2 aromatic rings. The third-order valence-corrected chi connectivity index (χ3v) is 8.00. The molecule has 2 aliphatic heterocycles. The molecule has 32 heavy (non-hydrogen) atoms. The van der Waals surface area contributed by atoms with Crippen LogP contribution in [0.2, 0.25) is 0 Å². The lowest BCUT2D eigenvalue weighted by molar-refractivity contribution is 0.0679. The molecule has 8 heteroatoms.